The minimum atomic E-state index is -0.0708. The molecule has 0 aliphatic carbocycles. The van der Waals surface area contributed by atoms with Gasteiger partial charge in [-0.25, -0.2) is 14.8 Å². The van der Waals surface area contributed by atoms with Crippen LogP contribution in [0.2, 0.25) is 0 Å². The highest BCUT2D eigenvalue weighted by Crippen LogP contribution is 2.24. The summed E-state index contributed by atoms with van der Waals surface area (Å²) in [7, 11) is 0. The molecular weight excluding hydrogens is 330 g/mol. The first-order chi connectivity index (χ1) is 12.7. The fourth-order valence-electron chi connectivity index (χ4n) is 3.23. The van der Waals surface area contributed by atoms with Crippen molar-refractivity contribution in [1.82, 2.24) is 20.2 Å². The van der Waals surface area contributed by atoms with E-state index in [1.54, 1.807) is 18.5 Å². The van der Waals surface area contributed by atoms with Crippen LogP contribution in [0.3, 0.4) is 0 Å². The highest BCUT2D eigenvalue weighted by Gasteiger charge is 2.22. The predicted octanol–water partition coefficient (Wildman–Crippen LogP) is 2.56. The lowest BCUT2D eigenvalue weighted by atomic mass is 10.1. The van der Waals surface area contributed by atoms with E-state index in [0.717, 1.165) is 35.4 Å². The molecule has 1 fully saturated rings. The Hall–Kier alpha value is -3.09. The molecule has 134 valence electrons. The van der Waals surface area contributed by atoms with Crippen LogP contribution < -0.4 is 10.2 Å². The molecule has 1 aliphatic rings. The lowest BCUT2D eigenvalue weighted by Gasteiger charge is -2.34. The van der Waals surface area contributed by atoms with Crippen molar-refractivity contribution in [3.05, 3.63) is 54.0 Å². The number of amides is 2. The average Bonchev–Trinajstić information content (AvgIpc) is 3.03. The smallest absolute Gasteiger partial charge is 0.317 e. The number of hydrogen-bond donors (Lipinski definition) is 1. The summed E-state index contributed by atoms with van der Waals surface area (Å²) >= 11 is 0. The number of benzene rings is 1. The number of para-hydroxylation sites is 1. The van der Waals surface area contributed by atoms with Crippen LogP contribution in [0.4, 0.5) is 10.7 Å². The number of aryl methyl sites for hydroxylation is 1. The molecule has 0 bridgehead atoms. The monoisotopic (exact) mass is 351 g/mol. The summed E-state index contributed by atoms with van der Waals surface area (Å²) in [6.45, 7) is 5.14. The third kappa shape index (κ3) is 3.20. The maximum Gasteiger partial charge on any atom is 0.317 e. The second kappa shape index (κ2) is 7.03. The number of furan rings is 1. The van der Waals surface area contributed by atoms with E-state index in [2.05, 4.69) is 20.2 Å². The third-order valence-electron chi connectivity index (χ3n) is 4.74. The molecule has 0 radical (unpaired) electrons. The number of nitrogens with zero attached hydrogens (tertiary/aromatic N) is 4. The summed E-state index contributed by atoms with van der Waals surface area (Å²) < 4.78 is 5.85. The molecule has 7 heteroatoms. The number of nitrogens with one attached hydrogen (secondary N) is 1. The van der Waals surface area contributed by atoms with Crippen LogP contribution in [0.15, 0.2) is 47.1 Å². The largest absolute Gasteiger partial charge is 0.459 e. The molecule has 2 amide bonds. The second-order valence-electron chi connectivity index (χ2n) is 6.33. The molecule has 3 aromatic rings. The van der Waals surface area contributed by atoms with Gasteiger partial charge in [0.05, 0.1) is 6.54 Å². The summed E-state index contributed by atoms with van der Waals surface area (Å²) in [6, 6.07) is 9.64. The van der Waals surface area contributed by atoms with Crippen LogP contribution in [0.25, 0.3) is 11.0 Å². The van der Waals surface area contributed by atoms with Gasteiger partial charge in [0.2, 0.25) is 5.95 Å². The van der Waals surface area contributed by atoms with Gasteiger partial charge in [-0.3, -0.25) is 0 Å². The van der Waals surface area contributed by atoms with Crippen molar-refractivity contribution in [1.29, 1.82) is 0 Å². The fraction of sp³-hybridized carbons (Fsp3) is 0.316. The highest BCUT2D eigenvalue weighted by molar-refractivity contribution is 5.82. The number of hydrogen-bond acceptors (Lipinski definition) is 5. The van der Waals surface area contributed by atoms with E-state index < -0.39 is 0 Å². The van der Waals surface area contributed by atoms with Gasteiger partial charge in [0, 0.05) is 49.5 Å². The number of fused-ring (bicyclic) bond motifs is 1. The molecule has 0 saturated carbocycles. The number of carbonyl (C=O) groups excluding carboxylic acids is 1. The van der Waals surface area contributed by atoms with E-state index in [9.17, 15) is 4.79 Å². The van der Waals surface area contributed by atoms with Gasteiger partial charge in [-0.1, -0.05) is 18.2 Å². The van der Waals surface area contributed by atoms with E-state index in [4.69, 9.17) is 4.42 Å². The van der Waals surface area contributed by atoms with Crippen LogP contribution >= 0.6 is 0 Å². The Bertz CT molecular complexity index is 901. The van der Waals surface area contributed by atoms with Crippen LogP contribution in [-0.2, 0) is 6.54 Å². The zero-order valence-electron chi connectivity index (χ0n) is 14.7. The topological polar surface area (TPSA) is 74.5 Å². The molecule has 3 heterocycles. The molecular formula is C19H21N5O2. The lowest BCUT2D eigenvalue weighted by molar-refractivity contribution is 0.193. The molecule has 1 saturated heterocycles. The Morgan fingerprint density at radius 3 is 2.58 bits per heavy atom. The van der Waals surface area contributed by atoms with Gasteiger partial charge in [-0.05, 0) is 19.1 Å². The number of piperazine rings is 1. The van der Waals surface area contributed by atoms with Crippen LogP contribution in [0.1, 0.15) is 11.3 Å². The number of aromatic nitrogens is 2. The van der Waals surface area contributed by atoms with E-state index >= 15 is 0 Å². The summed E-state index contributed by atoms with van der Waals surface area (Å²) in [5.41, 5.74) is 1.93. The van der Waals surface area contributed by atoms with Gasteiger partial charge in [-0.15, -0.1) is 0 Å². The Balaban J connectivity index is 1.33. The number of rotatable bonds is 3. The highest BCUT2D eigenvalue weighted by atomic mass is 16.3. The number of carbonyl (C=O) groups is 1. The van der Waals surface area contributed by atoms with Crippen molar-refractivity contribution in [2.24, 2.45) is 0 Å². The van der Waals surface area contributed by atoms with Gasteiger partial charge < -0.3 is 19.5 Å². The van der Waals surface area contributed by atoms with E-state index in [0.29, 0.717) is 25.6 Å². The van der Waals surface area contributed by atoms with Crippen molar-refractivity contribution in [2.75, 3.05) is 31.1 Å². The maximum absolute atomic E-state index is 12.5. The molecule has 7 nitrogen and oxygen atoms in total. The Morgan fingerprint density at radius 2 is 1.85 bits per heavy atom. The lowest BCUT2D eigenvalue weighted by Crippen LogP contribution is -2.52. The quantitative estimate of drug-likeness (QED) is 0.785. The van der Waals surface area contributed by atoms with Gasteiger partial charge in [0.15, 0.2) is 0 Å². The maximum atomic E-state index is 12.5. The molecule has 1 aliphatic heterocycles. The number of urea groups is 1. The number of anilines is 1. The average molecular weight is 351 g/mol. The van der Waals surface area contributed by atoms with Gasteiger partial charge >= 0.3 is 6.03 Å². The van der Waals surface area contributed by atoms with Crippen molar-refractivity contribution < 1.29 is 9.21 Å². The molecule has 4 rings (SSSR count). The summed E-state index contributed by atoms with van der Waals surface area (Å²) in [6.07, 6.45) is 3.47. The first-order valence-corrected chi connectivity index (χ1v) is 8.74. The molecule has 0 atom stereocenters. The van der Waals surface area contributed by atoms with E-state index in [1.165, 1.54) is 0 Å². The van der Waals surface area contributed by atoms with Gasteiger partial charge in [0.1, 0.15) is 11.3 Å². The van der Waals surface area contributed by atoms with E-state index in [-0.39, 0.29) is 6.03 Å². The third-order valence-corrected chi connectivity index (χ3v) is 4.74. The van der Waals surface area contributed by atoms with Crippen molar-refractivity contribution in [2.45, 2.75) is 13.5 Å². The second-order valence-corrected chi connectivity index (χ2v) is 6.33. The molecule has 0 spiro atoms. The van der Waals surface area contributed by atoms with E-state index in [1.807, 2.05) is 36.1 Å². The normalized spacial score (nSPS) is 14.7. The Morgan fingerprint density at radius 1 is 1.12 bits per heavy atom. The zero-order valence-corrected chi connectivity index (χ0v) is 14.7. The first kappa shape index (κ1) is 16.4. The summed E-state index contributed by atoms with van der Waals surface area (Å²) in [5.74, 6) is 1.52. The van der Waals surface area contributed by atoms with Gasteiger partial charge in [0.25, 0.3) is 0 Å². The van der Waals surface area contributed by atoms with Crippen LogP contribution in [0.5, 0.6) is 0 Å². The molecule has 2 aromatic heterocycles. The molecule has 1 aromatic carbocycles. The zero-order chi connectivity index (χ0) is 17.9. The fourth-order valence-corrected chi connectivity index (χ4v) is 3.23. The minimum Gasteiger partial charge on any atom is -0.459 e. The van der Waals surface area contributed by atoms with Crippen LogP contribution in [-0.4, -0.2) is 47.1 Å². The SMILES string of the molecule is Cc1c(CNC(=O)N2CCN(c3ncccn3)CC2)oc2ccccc12. The summed E-state index contributed by atoms with van der Waals surface area (Å²) in [5, 5.41) is 4.06. The van der Waals surface area contributed by atoms with Crippen LogP contribution in [0, 0.1) is 6.92 Å². The molecule has 0 unspecified atom stereocenters. The Labute approximate surface area is 151 Å². The Kier molecular flexibility index (Phi) is 4.43. The standard InChI is InChI=1S/C19H21N5O2/c1-14-15-5-2-3-6-16(15)26-17(14)13-22-19(25)24-11-9-23(10-12-24)18-20-7-4-8-21-18/h2-8H,9-13H2,1H3,(H,22,25). The minimum absolute atomic E-state index is 0.0708. The van der Waals surface area contributed by atoms with Crippen molar-refractivity contribution >= 4 is 22.9 Å². The molecule has 1 N–H and O–H groups in total. The predicted molar refractivity (Wildman–Crippen MR) is 99.0 cm³/mol. The summed E-state index contributed by atoms with van der Waals surface area (Å²) in [4.78, 5) is 24.9. The molecule has 26 heavy (non-hydrogen) atoms. The van der Waals surface area contributed by atoms with Gasteiger partial charge in [-0.2, -0.15) is 0 Å². The van der Waals surface area contributed by atoms with Crippen molar-refractivity contribution in [3.63, 3.8) is 0 Å². The first-order valence-electron chi connectivity index (χ1n) is 8.74. The van der Waals surface area contributed by atoms with Crippen molar-refractivity contribution in [3.8, 4) is 0 Å².